The number of anilines is 1. The molecule has 1 N–H and O–H groups in total. The molecule has 3 rings (SSSR count). The summed E-state index contributed by atoms with van der Waals surface area (Å²) in [6.45, 7) is 0.897. The van der Waals surface area contributed by atoms with Crippen molar-refractivity contribution < 1.29 is 5.11 Å². The largest absolute Gasteiger partial charge is 0.385 e. The monoisotopic (exact) mass is 272 g/mol. The number of aromatic nitrogens is 2. The first-order valence-electron chi connectivity index (χ1n) is 5.94. The van der Waals surface area contributed by atoms with Crippen LogP contribution in [-0.2, 0) is 0 Å². The molecular weight excluding hydrogens is 260 g/mol. The van der Waals surface area contributed by atoms with Crippen LogP contribution in [0.4, 0.5) is 5.13 Å². The number of rotatable bonds is 3. The first-order chi connectivity index (χ1) is 9.20. The van der Waals surface area contributed by atoms with E-state index in [1.807, 2.05) is 41.3 Å². The maximum Gasteiger partial charge on any atom is 0.205 e. The van der Waals surface area contributed by atoms with E-state index in [4.69, 9.17) is 5.26 Å². The van der Waals surface area contributed by atoms with Crippen molar-refractivity contribution >= 4 is 16.7 Å². The lowest BCUT2D eigenvalue weighted by Gasteiger charge is -2.44. The number of nitrogens with zero attached hydrogens (tertiary/aromatic N) is 4. The SMILES string of the molecule is N#CCC1(O)CN(c2nc(-c3ccccc3)ns2)C1. The molecule has 1 aromatic heterocycles. The van der Waals surface area contributed by atoms with E-state index in [1.165, 1.54) is 11.5 Å². The molecule has 6 heteroatoms. The van der Waals surface area contributed by atoms with E-state index in [-0.39, 0.29) is 6.42 Å². The van der Waals surface area contributed by atoms with Gasteiger partial charge in [-0.05, 0) is 0 Å². The van der Waals surface area contributed by atoms with Gasteiger partial charge >= 0.3 is 0 Å². The second-order valence-corrected chi connectivity index (χ2v) is 5.41. The smallest absolute Gasteiger partial charge is 0.205 e. The lowest BCUT2D eigenvalue weighted by Crippen LogP contribution is -2.61. The molecule has 0 atom stereocenters. The number of hydrogen-bond donors (Lipinski definition) is 1. The second kappa shape index (κ2) is 4.61. The topological polar surface area (TPSA) is 73.0 Å². The summed E-state index contributed by atoms with van der Waals surface area (Å²) >= 11 is 1.32. The Morgan fingerprint density at radius 1 is 1.37 bits per heavy atom. The van der Waals surface area contributed by atoms with Crippen LogP contribution >= 0.6 is 11.5 Å². The Kier molecular flexibility index (Phi) is 2.93. The molecule has 96 valence electrons. The Morgan fingerprint density at radius 2 is 2.11 bits per heavy atom. The third-order valence-corrected chi connectivity index (χ3v) is 3.87. The quantitative estimate of drug-likeness (QED) is 0.920. The van der Waals surface area contributed by atoms with Gasteiger partial charge in [-0.15, -0.1) is 0 Å². The summed E-state index contributed by atoms with van der Waals surface area (Å²) in [5.74, 6) is 0.705. The zero-order chi connectivity index (χ0) is 13.3. The van der Waals surface area contributed by atoms with E-state index in [0.717, 1.165) is 10.7 Å². The molecule has 0 saturated carbocycles. The number of benzene rings is 1. The van der Waals surface area contributed by atoms with Gasteiger partial charge in [0.1, 0.15) is 5.60 Å². The molecule has 2 aromatic rings. The van der Waals surface area contributed by atoms with Crippen LogP contribution < -0.4 is 4.90 Å². The summed E-state index contributed by atoms with van der Waals surface area (Å²) in [6, 6.07) is 11.8. The number of hydrogen-bond acceptors (Lipinski definition) is 6. The van der Waals surface area contributed by atoms with Gasteiger partial charge in [-0.25, -0.2) is 0 Å². The number of nitriles is 1. The van der Waals surface area contributed by atoms with Gasteiger partial charge in [0.25, 0.3) is 0 Å². The number of β-amino-alcohol motifs (C(OH)–C–C–N with tert-alkyl or cyclic N) is 1. The minimum Gasteiger partial charge on any atom is -0.385 e. The second-order valence-electron chi connectivity index (χ2n) is 4.68. The lowest BCUT2D eigenvalue weighted by molar-refractivity contribution is 0.0166. The van der Waals surface area contributed by atoms with E-state index in [9.17, 15) is 5.11 Å². The Balaban J connectivity index is 1.73. The fourth-order valence-corrected chi connectivity index (χ4v) is 2.79. The van der Waals surface area contributed by atoms with Crippen molar-refractivity contribution in [1.29, 1.82) is 5.26 Å². The Morgan fingerprint density at radius 3 is 2.79 bits per heavy atom. The molecule has 0 unspecified atom stereocenters. The minimum atomic E-state index is -0.882. The highest BCUT2D eigenvalue weighted by Gasteiger charge is 2.42. The van der Waals surface area contributed by atoms with Crippen LogP contribution in [0.25, 0.3) is 11.4 Å². The van der Waals surface area contributed by atoms with Gasteiger partial charge < -0.3 is 10.0 Å². The van der Waals surface area contributed by atoms with Crippen molar-refractivity contribution in [2.24, 2.45) is 0 Å². The molecule has 2 heterocycles. The number of aliphatic hydroxyl groups is 1. The molecule has 5 nitrogen and oxygen atoms in total. The Hall–Kier alpha value is -1.97. The van der Waals surface area contributed by atoms with Crippen molar-refractivity contribution in [3.63, 3.8) is 0 Å². The van der Waals surface area contributed by atoms with Gasteiger partial charge in [0, 0.05) is 17.1 Å². The van der Waals surface area contributed by atoms with Gasteiger partial charge in [-0.3, -0.25) is 0 Å². The lowest BCUT2D eigenvalue weighted by atomic mass is 9.92. The highest BCUT2D eigenvalue weighted by Crippen LogP contribution is 2.32. The summed E-state index contributed by atoms with van der Waals surface area (Å²) in [5, 5.41) is 19.4. The molecule has 0 spiro atoms. The molecule has 1 aliphatic rings. The van der Waals surface area contributed by atoms with E-state index in [0.29, 0.717) is 18.9 Å². The van der Waals surface area contributed by atoms with Gasteiger partial charge in [-0.2, -0.15) is 14.6 Å². The van der Waals surface area contributed by atoms with Crippen LogP contribution in [0.3, 0.4) is 0 Å². The van der Waals surface area contributed by atoms with Gasteiger partial charge in [0.05, 0.1) is 25.6 Å². The predicted molar refractivity (Wildman–Crippen MR) is 72.7 cm³/mol. The summed E-state index contributed by atoms with van der Waals surface area (Å²) in [7, 11) is 0. The van der Waals surface area contributed by atoms with Gasteiger partial charge in [-0.1, -0.05) is 30.3 Å². The van der Waals surface area contributed by atoms with Crippen molar-refractivity contribution in [2.75, 3.05) is 18.0 Å². The van der Waals surface area contributed by atoms with Crippen LogP contribution in [0.15, 0.2) is 30.3 Å². The first-order valence-corrected chi connectivity index (χ1v) is 6.71. The molecule has 1 saturated heterocycles. The fraction of sp³-hybridized carbons (Fsp3) is 0.308. The summed E-state index contributed by atoms with van der Waals surface area (Å²) in [5.41, 5.74) is 0.102. The standard InChI is InChI=1S/C13H12N4OS/c14-7-6-13(18)8-17(9-13)12-15-11(16-19-12)10-4-2-1-3-5-10/h1-5,18H,6,8-9H2. The highest BCUT2D eigenvalue weighted by atomic mass is 32.1. The van der Waals surface area contributed by atoms with Crippen molar-refractivity contribution in [3.05, 3.63) is 30.3 Å². The molecule has 19 heavy (non-hydrogen) atoms. The minimum absolute atomic E-state index is 0.161. The summed E-state index contributed by atoms with van der Waals surface area (Å²) in [6.07, 6.45) is 0.161. The normalized spacial score (nSPS) is 16.7. The molecule has 1 aromatic carbocycles. The maximum absolute atomic E-state index is 9.96. The average Bonchev–Trinajstić information content (AvgIpc) is 2.86. The Bertz CT molecular complexity index is 613. The van der Waals surface area contributed by atoms with E-state index < -0.39 is 5.60 Å². The average molecular weight is 272 g/mol. The Labute approximate surface area is 114 Å². The van der Waals surface area contributed by atoms with Crippen LogP contribution in [0.5, 0.6) is 0 Å². The molecule has 0 bridgehead atoms. The van der Waals surface area contributed by atoms with Crippen molar-refractivity contribution in [2.45, 2.75) is 12.0 Å². The van der Waals surface area contributed by atoms with Crippen LogP contribution in [0, 0.1) is 11.3 Å². The summed E-state index contributed by atoms with van der Waals surface area (Å²) < 4.78 is 4.33. The van der Waals surface area contributed by atoms with Crippen LogP contribution in [0.1, 0.15) is 6.42 Å². The third-order valence-electron chi connectivity index (χ3n) is 3.10. The van der Waals surface area contributed by atoms with E-state index >= 15 is 0 Å². The molecule has 0 aliphatic carbocycles. The maximum atomic E-state index is 9.96. The van der Waals surface area contributed by atoms with Crippen molar-refractivity contribution in [3.8, 4) is 17.5 Å². The van der Waals surface area contributed by atoms with Gasteiger partial charge in [0.2, 0.25) is 5.13 Å². The molecule has 0 radical (unpaired) electrons. The predicted octanol–water partition coefficient (Wildman–Crippen LogP) is 1.67. The molecule has 0 amide bonds. The molecule has 1 fully saturated rings. The molecule has 1 aliphatic heterocycles. The summed E-state index contributed by atoms with van der Waals surface area (Å²) in [4.78, 5) is 6.41. The fourth-order valence-electron chi connectivity index (χ4n) is 2.11. The van der Waals surface area contributed by atoms with Gasteiger partial charge in [0.15, 0.2) is 5.82 Å². The van der Waals surface area contributed by atoms with Crippen molar-refractivity contribution in [1.82, 2.24) is 9.36 Å². The van der Waals surface area contributed by atoms with Crippen LogP contribution in [0.2, 0.25) is 0 Å². The highest BCUT2D eigenvalue weighted by molar-refractivity contribution is 7.09. The zero-order valence-electron chi connectivity index (χ0n) is 10.2. The van der Waals surface area contributed by atoms with Crippen LogP contribution in [-0.4, -0.2) is 33.2 Å². The third kappa shape index (κ3) is 2.30. The van der Waals surface area contributed by atoms with E-state index in [2.05, 4.69) is 9.36 Å². The first kappa shape index (κ1) is 12.1. The van der Waals surface area contributed by atoms with E-state index in [1.54, 1.807) is 0 Å². The zero-order valence-corrected chi connectivity index (χ0v) is 11.0. The molecular formula is C13H12N4OS.